The minimum absolute atomic E-state index is 0.0208. The zero-order chi connectivity index (χ0) is 20.5. The Morgan fingerprint density at radius 3 is 2.55 bits per heavy atom. The van der Waals surface area contributed by atoms with E-state index in [2.05, 4.69) is 39.6 Å². The Morgan fingerprint density at radius 2 is 1.86 bits per heavy atom. The van der Waals surface area contributed by atoms with E-state index in [1.54, 1.807) is 6.07 Å². The highest BCUT2D eigenvalue weighted by molar-refractivity contribution is 7.08. The maximum atomic E-state index is 12.5. The molecule has 156 valence electrons. The molecule has 29 heavy (non-hydrogen) atoms. The Hall–Kier alpha value is -2.22. The molecule has 0 saturated carbocycles. The van der Waals surface area contributed by atoms with Gasteiger partial charge in [-0.15, -0.1) is 0 Å². The number of carbonyl (C=O) groups excluding carboxylic acids is 2. The SMILES string of the molecule is CN1CCN(CC(NC(=O)CCCNC(=O)c2ccsc2)c2ccccc2)CC1. The second-order valence-corrected chi connectivity index (χ2v) is 8.29. The Labute approximate surface area is 176 Å². The van der Waals surface area contributed by atoms with Crippen LogP contribution in [-0.4, -0.2) is 67.9 Å². The van der Waals surface area contributed by atoms with Gasteiger partial charge in [0, 0.05) is 56.6 Å². The van der Waals surface area contributed by atoms with Crippen LogP contribution < -0.4 is 10.6 Å². The molecule has 1 fully saturated rings. The predicted molar refractivity (Wildman–Crippen MR) is 117 cm³/mol. The molecule has 2 amide bonds. The molecule has 0 bridgehead atoms. The van der Waals surface area contributed by atoms with Gasteiger partial charge >= 0.3 is 0 Å². The van der Waals surface area contributed by atoms with Crippen molar-refractivity contribution >= 4 is 23.2 Å². The molecule has 1 aromatic carbocycles. The van der Waals surface area contributed by atoms with Crippen LogP contribution in [0.5, 0.6) is 0 Å². The average Bonchev–Trinajstić information content (AvgIpc) is 3.28. The number of likely N-dealkylation sites (N-methyl/N-ethyl adjacent to an activating group) is 1. The summed E-state index contributed by atoms with van der Waals surface area (Å²) >= 11 is 1.50. The third-order valence-corrected chi connectivity index (χ3v) is 5.91. The fourth-order valence-corrected chi connectivity index (χ4v) is 4.06. The lowest BCUT2D eigenvalue weighted by Crippen LogP contribution is -2.47. The number of thiophene rings is 1. The van der Waals surface area contributed by atoms with Crippen molar-refractivity contribution in [3.63, 3.8) is 0 Å². The number of nitrogens with one attached hydrogen (secondary N) is 2. The molecule has 1 aliphatic rings. The van der Waals surface area contributed by atoms with Crippen LogP contribution in [0, 0.1) is 0 Å². The normalized spacial score (nSPS) is 16.3. The van der Waals surface area contributed by atoms with Crippen LogP contribution in [0.3, 0.4) is 0 Å². The molecule has 2 aromatic rings. The van der Waals surface area contributed by atoms with Crippen LogP contribution in [0.25, 0.3) is 0 Å². The average molecular weight is 415 g/mol. The van der Waals surface area contributed by atoms with Crippen molar-refractivity contribution in [3.8, 4) is 0 Å². The van der Waals surface area contributed by atoms with Gasteiger partial charge in [-0.2, -0.15) is 11.3 Å². The third kappa shape index (κ3) is 6.96. The highest BCUT2D eigenvalue weighted by atomic mass is 32.1. The van der Waals surface area contributed by atoms with E-state index in [1.807, 2.05) is 29.0 Å². The third-order valence-electron chi connectivity index (χ3n) is 5.22. The van der Waals surface area contributed by atoms with Crippen molar-refractivity contribution in [2.75, 3.05) is 46.3 Å². The molecule has 7 heteroatoms. The maximum absolute atomic E-state index is 12.5. The van der Waals surface area contributed by atoms with Gasteiger partial charge in [-0.3, -0.25) is 14.5 Å². The Balaban J connectivity index is 1.46. The van der Waals surface area contributed by atoms with E-state index in [0.29, 0.717) is 24.9 Å². The summed E-state index contributed by atoms with van der Waals surface area (Å²) in [4.78, 5) is 29.2. The van der Waals surface area contributed by atoms with Crippen LogP contribution in [0.2, 0.25) is 0 Å². The molecule has 2 heterocycles. The number of rotatable bonds is 9. The number of amides is 2. The summed E-state index contributed by atoms with van der Waals surface area (Å²) in [6, 6.07) is 11.9. The van der Waals surface area contributed by atoms with Crippen LogP contribution >= 0.6 is 11.3 Å². The standard InChI is InChI=1S/C22H30N4O2S/c1-25-11-13-26(14-12-25)16-20(18-6-3-2-4-7-18)24-21(27)8-5-10-23-22(28)19-9-15-29-17-19/h2-4,6-7,9,15,17,20H,5,8,10-14,16H2,1H3,(H,23,28)(H,24,27). The lowest BCUT2D eigenvalue weighted by molar-refractivity contribution is -0.122. The van der Waals surface area contributed by atoms with Gasteiger partial charge in [0.1, 0.15) is 0 Å². The number of hydrogen-bond donors (Lipinski definition) is 2. The molecule has 2 N–H and O–H groups in total. The molecule has 1 unspecified atom stereocenters. The van der Waals surface area contributed by atoms with Crippen LogP contribution in [0.15, 0.2) is 47.2 Å². The number of carbonyl (C=O) groups is 2. The quantitative estimate of drug-likeness (QED) is 0.619. The monoisotopic (exact) mass is 414 g/mol. The van der Waals surface area contributed by atoms with Crippen molar-refractivity contribution in [2.24, 2.45) is 0 Å². The van der Waals surface area contributed by atoms with Crippen LogP contribution in [0.1, 0.15) is 34.8 Å². The van der Waals surface area contributed by atoms with Gasteiger partial charge in [-0.1, -0.05) is 30.3 Å². The van der Waals surface area contributed by atoms with Crippen molar-refractivity contribution in [2.45, 2.75) is 18.9 Å². The topological polar surface area (TPSA) is 64.7 Å². The second-order valence-electron chi connectivity index (χ2n) is 7.51. The van der Waals surface area contributed by atoms with E-state index in [-0.39, 0.29) is 17.9 Å². The van der Waals surface area contributed by atoms with Gasteiger partial charge < -0.3 is 15.5 Å². The van der Waals surface area contributed by atoms with Gasteiger partial charge in [0.15, 0.2) is 0 Å². The van der Waals surface area contributed by atoms with E-state index in [4.69, 9.17) is 0 Å². The van der Waals surface area contributed by atoms with E-state index < -0.39 is 0 Å². The molecule has 0 spiro atoms. The fraction of sp³-hybridized carbons (Fsp3) is 0.455. The molecular weight excluding hydrogens is 384 g/mol. The first-order chi connectivity index (χ1) is 14.1. The first-order valence-electron chi connectivity index (χ1n) is 10.2. The van der Waals surface area contributed by atoms with Gasteiger partial charge in [0.05, 0.1) is 6.04 Å². The number of hydrogen-bond acceptors (Lipinski definition) is 5. The summed E-state index contributed by atoms with van der Waals surface area (Å²) in [5, 5.41) is 9.78. The van der Waals surface area contributed by atoms with E-state index in [9.17, 15) is 9.59 Å². The first-order valence-corrected chi connectivity index (χ1v) is 11.1. The summed E-state index contributed by atoms with van der Waals surface area (Å²) in [5.41, 5.74) is 1.81. The highest BCUT2D eigenvalue weighted by Crippen LogP contribution is 2.16. The lowest BCUT2D eigenvalue weighted by Gasteiger charge is -2.35. The van der Waals surface area contributed by atoms with Gasteiger partial charge in [0.25, 0.3) is 5.91 Å². The van der Waals surface area contributed by atoms with Crippen molar-refractivity contribution in [1.82, 2.24) is 20.4 Å². The first kappa shape index (κ1) is 21.5. The minimum Gasteiger partial charge on any atom is -0.352 e. The Morgan fingerprint density at radius 1 is 1.10 bits per heavy atom. The van der Waals surface area contributed by atoms with Gasteiger partial charge in [0.2, 0.25) is 5.91 Å². The van der Waals surface area contributed by atoms with Crippen molar-refractivity contribution in [1.29, 1.82) is 0 Å². The lowest BCUT2D eigenvalue weighted by atomic mass is 10.1. The van der Waals surface area contributed by atoms with Crippen molar-refractivity contribution in [3.05, 3.63) is 58.3 Å². The molecule has 1 aromatic heterocycles. The fourth-order valence-electron chi connectivity index (χ4n) is 3.42. The summed E-state index contributed by atoms with van der Waals surface area (Å²) < 4.78 is 0. The number of piperazine rings is 1. The molecular formula is C22H30N4O2S. The van der Waals surface area contributed by atoms with E-state index in [1.165, 1.54) is 11.3 Å². The van der Waals surface area contributed by atoms with E-state index in [0.717, 1.165) is 38.3 Å². The largest absolute Gasteiger partial charge is 0.352 e. The van der Waals surface area contributed by atoms with Gasteiger partial charge in [-0.25, -0.2) is 0 Å². The summed E-state index contributed by atoms with van der Waals surface area (Å²) in [5.74, 6) is -0.0540. The second kappa shape index (κ2) is 11.1. The van der Waals surface area contributed by atoms with Gasteiger partial charge in [-0.05, 0) is 30.5 Å². The van der Waals surface area contributed by atoms with Crippen molar-refractivity contribution < 1.29 is 9.59 Å². The molecule has 1 aliphatic heterocycles. The molecule has 0 aliphatic carbocycles. The summed E-state index contributed by atoms with van der Waals surface area (Å²) in [7, 11) is 2.14. The van der Waals surface area contributed by atoms with Crippen LogP contribution in [0.4, 0.5) is 0 Å². The molecule has 1 atom stereocenters. The predicted octanol–water partition coefficient (Wildman–Crippen LogP) is 2.36. The molecule has 6 nitrogen and oxygen atoms in total. The number of benzene rings is 1. The maximum Gasteiger partial charge on any atom is 0.252 e. The van der Waals surface area contributed by atoms with Crippen LogP contribution in [-0.2, 0) is 4.79 Å². The number of nitrogens with zero attached hydrogens (tertiary/aromatic N) is 2. The molecule has 3 rings (SSSR count). The Kier molecular flexibility index (Phi) is 8.22. The Bertz CT molecular complexity index is 758. The van der Waals surface area contributed by atoms with E-state index >= 15 is 0 Å². The highest BCUT2D eigenvalue weighted by Gasteiger charge is 2.21. The molecule has 1 saturated heterocycles. The zero-order valence-corrected chi connectivity index (χ0v) is 17.8. The zero-order valence-electron chi connectivity index (χ0n) is 17.0. The molecule has 0 radical (unpaired) electrons. The minimum atomic E-state index is -0.0797. The summed E-state index contributed by atoms with van der Waals surface area (Å²) in [6.07, 6.45) is 1.02. The summed E-state index contributed by atoms with van der Waals surface area (Å²) in [6.45, 7) is 5.46. The smallest absolute Gasteiger partial charge is 0.252 e.